The first-order valence-electron chi connectivity index (χ1n) is 43.8. The summed E-state index contributed by atoms with van der Waals surface area (Å²) in [6, 6.07) is 62.1. The van der Waals surface area contributed by atoms with Crippen molar-refractivity contribution in [2.75, 3.05) is 0 Å². The summed E-state index contributed by atoms with van der Waals surface area (Å²) in [7, 11) is 0. The van der Waals surface area contributed by atoms with Crippen molar-refractivity contribution in [3.63, 3.8) is 0 Å². The molecule has 0 N–H and O–H groups in total. The molecule has 0 radical (unpaired) electrons. The van der Waals surface area contributed by atoms with Gasteiger partial charge in [0.2, 0.25) is 0 Å². The summed E-state index contributed by atoms with van der Waals surface area (Å²) < 4.78 is 2.43. The number of halogens is 2. The van der Waals surface area contributed by atoms with E-state index in [4.69, 9.17) is 12.8 Å². The van der Waals surface area contributed by atoms with Crippen LogP contribution in [0.1, 0.15) is 378 Å². The normalized spacial score (nSPS) is 13.1. The Morgan fingerprint density at radius 3 is 0.670 bits per heavy atom. The minimum atomic E-state index is 0.00898. The Labute approximate surface area is 681 Å². The van der Waals surface area contributed by atoms with Gasteiger partial charge in [0.15, 0.2) is 0 Å². The van der Waals surface area contributed by atoms with Gasteiger partial charge >= 0.3 is 0 Å². The maximum Gasteiger partial charge on any atom is 0.0252 e. The number of hydrogen-bond donors (Lipinski definition) is 0. The van der Waals surface area contributed by atoms with Crippen LogP contribution in [-0.4, -0.2) is 0 Å². The van der Waals surface area contributed by atoms with Gasteiger partial charge in [0, 0.05) is 58.6 Å². The van der Waals surface area contributed by atoms with Crippen LogP contribution in [0.15, 0.2) is 179 Å². The minimum absolute atomic E-state index is 0.00898. The van der Waals surface area contributed by atoms with Crippen molar-refractivity contribution < 1.29 is 0 Å². The summed E-state index contributed by atoms with van der Waals surface area (Å²) in [5, 5.41) is 0. The molecule has 3 aliphatic rings. The van der Waals surface area contributed by atoms with Gasteiger partial charge in [-0.15, -0.1) is 12.8 Å². The molecule has 0 unspecified atom stereocenters. The number of unbranched alkanes of at least 4 members (excludes halogenated alkanes) is 30. The minimum Gasteiger partial charge on any atom is -0.115 e. The molecule has 0 spiro atoms. The van der Waals surface area contributed by atoms with E-state index >= 15 is 0 Å². The topological polar surface area (TPSA) is 0 Å². The van der Waals surface area contributed by atoms with Crippen LogP contribution < -0.4 is 0 Å². The van der Waals surface area contributed by atoms with Crippen LogP contribution in [-0.2, 0) is 16.2 Å². The van der Waals surface area contributed by atoms with Crippen molar-refractivity contribution in [1.82, 2.24) is 0 Å². The summed E-state index contributed by atoms with van der Waals surface area (Å²) in [5.41, 5.74) is 24.0. The molecule has 0 atom stereocenters. The third-order valence-electron chi connectivity index (χ3n) is 24.3. The van der Waals surface area contributed by atoms with Crippen molar-refractivity contribution in [2.45, 2.75) is 327 Å². The second kappa shape index (κ2) is 46.7. The van der Waals surface area contributed by atoms with Crippen LogP contribution in [0.25, 0.3) is 33.4 Å². The van der Waals surface area contributed by atoms with E-state index in [9.17, 15) is 0 Å². The average Bonchev–Trinajstić information content (AvgIpc) is 1.59. The van der Waals surface area contributed by atoms with E-state index in [1.807, 2.05) is 0 Å². The number of hydrogen-bond acceptors (Lipinski definition) is 0. The van der Waals surface area contributed by atoms with E-state index < -0.39 is 0 Å². The Bertz CT molecular complexity index is 4000. The largest absolute Gasteiger partial charge is 0.115 e. The highest BCUT2D eigenvalue weighted by Crippen LogP contribution is 2.58. The van der Waals surface area contributed by atoms with Gasteiger partial charge in [-0.25, -0.2) is 0 Å². The zero-order valence-electron chi connectivity index (χ0n) is 68.3. The number of benzene rings is 8. The quantitative estimate of drug-likeness (QED) is 0.0264. The molecule has 0 heterocycles. The molecule has 0 amide bonds. The second-order valence-electron chi connectivity index (χ2n) is 32.3. The van der Waals surface area contributed by atoms with Crippen LogP contribution in [0.3, 0.4) is 0 Å². The molecule has 8 aromatic rings. The van der Waals surface area contributed by atoms with Gasteiger partial charge in [-0.3, -0.25) is 0 Å². The summed E-state index contributed by atoms with van der Waals surface area (Å²) in [5.74, 6) is 19.6. The van der Waals surface area contributed by atoms with Crippen LogP contribution in [0.2, 0.25) is 0 Å². The van der Waals surface area contributed by atoms with E-state index in [0.717, 1.165) is 33.4 Å². The summed E-state index contributed by atoms with van der Waals surface area (Å²) in [6.45, 7) is 13.8. The molecule has 0 nitrogen and oxygen atoms in total. The molecule has 3 aliphatic carbocycles. The first-order valence-corrected chi connectivity index (χ1v) is 45.4. The van der Waals surface area contributed by atoms with Crippen LogP contribution in [0.4, 0.5) is 0 Å². The molecule has 574 valence electrons. The molecule has 0 saturated carbocycles. The highest BCUT2D eigenvalue weighted by Gasteiger charge is 2.45. The monoisotopic (exact) mass is 1570 g/mol. The Balaban J connectivity index is 0.000000193. The predicted octanol–water partition coefficient (Wildman–Crippen LogP) is 32.7. The number of fused-ring (bicyclic) bond motifs is 9. The van der Waals surface area contributed by atoms with Gasteiger partial charge in [0.25, 0.3) is 0 Å². The van der Waals surface area contributed by atoms with Gasteiger partial charge in [-0.05, 0) is 202 Å². The molecule has 8 aromatic carbocycles. The van der Waals surface area contributed by atoms with E-state index in [1.54, 1.807) is 11.1 Å². The fourth-order valence-corrected chi connectivity index (χ4v) is 19.1. The van der Waals surface area contributed by atoms with E-state index in [-0.39, 0.29) is 16.2 Å². The first-order chi connectivity index (χ1) is 53.5. The first kappa shape index (κ1) is 86.0. The number of terminal acetylenes is 2. The Morgan fingerprint density at radius 2 is 0.422 bits per heavy atom. The van der Waals surface area contributed by atoms with Crippen LogP contribution in [0.5, 0.6) is 0 Å². The van der Waals surface area contributed by atoms with Gasteiger partial charge in [0.05, 0.1) is 0 Å². The molecule has 0 bridgehead atoms. The molecular weight excluding hydrogens is 1440 g/mol. The van der Waals surface area contributed by atoms with Gasteiger partial charge in [-0.1, -0.05) is 413 Å². The summed E-state index contributed by atoms with van der Waals surface area (Å²) in [6.07, 6.45) is 67.0. The highest BCUT2D eigenvalue weighted by atomic mass is 79.9. The third-order valence-corrected chi connectivity index (χ3v) is 25.3. The zero-order chi connectivity index (χ0) is 76.8. The molecule has 11 rings (SSSR count). The summed E-state index contributed by atoms with van der Waals surface area (Å²) >= 11 is 7.57. The molecule has 0 fully saturated rings. The van der Waals surface area contributed by atoms with Gasteiger partial charge < -0.3 is 0 Å². The SMILES string of the molecule is C#Cc1ccc2c(c1)C(CCCCCCCC)(CCCCCCCC)c1cc(C#C)ccc1-2.CCCCCCCCC1(CCCCCCCC)c2cc(Br)ccc2-c2ccc(Br)cc21.CCCCCCCCC1(CCCCCCCC)c2cc(C#Cc3ccccc3)ccc2-c2ccc(C#Cc3ccccc3)cc21. The molecule has 2 heteroatoms. The maximum absolute atomic E-state index is 5.84. The third kappa shape index (κ3) is 24.0. The lowest BCUT2D eigenvalue weighted by molar-refractivity contribution is 0.397. The van der Waals surface area contributed by atoms with Crippen molar-refractivity contribution in [2.24, 2.45) is 0 Å². The molecule has 0 aromatic heterocycles. The van der Waals surface area contributed by atoms with E-state index in [1.165, 1.54) is 334 Å². The fourth-order valence-electron chi connectivity index (χ4n) is 18.3. The second-order valence-corrected chi connectivity index (χ2v) is 34.1. The maximum atomic E-state index is 5.84. The molecule has 0 aliphatic heterocycles. The van der Waals surface area contributed by atoms with Crippen molar-refractivity contribution in [3.05, 3.63) is 246 Å². The van der Waals surface area contributed by atoms with Gasteiger partial charge in [0.1, 0.15) is 0 Å². The van der Waals surface area contributed by atoms with E-state index in [0.29, 0.717) is 0 Å². The van der Waals surface area contributed by atoms with Crippen LogP contribution >= 0.6 is 31.9 Å². The summed E-state index contributed by atoms with van der Waals surface area (Å²) in [4.78, 5) is 0. The highest BCUT2D eigenvalue weighted by molar-refractivity contribution is 9.10. The predicted molar refractivity (Wildman–Crippen MR) is 482 cm³/mol. The fraction of sp³-hybridized carbons (Fsp3) is 0.477. The number of rotatable bonds is 42. The average molecular weight is 1580 g/mol. The van der Waals surface area contributed by atoms with E-state index in [2.05, 4.69) is 279 Å². The van der Waals surface area contributed by atoms with Crippen LogP contribution in [0, 0.1) is 48.4 Å². The van der Waals surface area contributed by atoms with Gasteiger partial charge in [-0.2, -0.15) is 0 Å². The zero-order valence-corrected chi connectivity index (χ0v) is 71.4. The lowest BCUT2D eigenvalue weighted by atomic mass is 9.70. The lowest BCUT2D eigenvalue weighted by Crippen LogP contribution is -2.26. The van der Waals surface area contributed by atoms with Crippen molar-refractivity contribution in [1.29, 1.82) is 0 Å². The van der Waals surface area contributed by atoms with Crippen molar-refractivity contribution in [3.8, 4) is 81.8 Å². The Hall–Kier alpha value is -7.04. The Kier molecular flexibility index (Phi) is 36.8. The smallest absolute Gasteiger partial charge is 0.0252 e. The molecular formula is C107H132Br2. The lowest BCUT2D eigenvalue weighted by Gasteiger charge is -2.33. The molecule has 109 heavy (non-hydrogen) atoms. The molecule has 0 saturated heterocycles. The van der Waals surface area contributed by atoms with Crippen molar-refractivity contribution >= 4 is 31.9 Å². The standard InChI is InChI=1S/C45H50.C33H42.C29H40Br2/c1-3-5-7-9-11-19-33-45(34-20-12-10-8-6-4-2)43-35-39(27-25-37-21-15-13-16-22-37)29-31-41(43)42-32-30-40(36-44(42)45)28-26-38-23-17-14-18-24-38;1-5-9-11-13-15-17-23-33(24-18-16-14-12-10-6-2)31-25-27(7-3)19-21-29(31)30-22-20-28(8-4)26-32(30)33;1-3-5-7-9-11-13-19-29(20-14-12-10-8-6-4-2)27-21-23(30)15-17-25(27)26-18-16-24(31)22-28(26)29/h13-18,21-24,29-32,35-36H,3-12,19-20,33-34H2,1-2H3;3-4,19-22,25-26H,5-6,9-18,23-24H2,1-2H3;15-18,21-22H,3-14,19-20H2,1-2H3. The Morgan fingerprint density at radius 1 is 0.220 bits per heavy atom.